The summed E-state index contributed by atoms with van der Waals surface area (Å²) in [5.74, 6) is 0.686. The molecule has 2 aromatic rings. The van der Waals surface area contributed by atoms with Crippen molar-refractivity contribution < 1.29 is 26.3 Å². The summed E-state index contributed by atoms with van der Waals surface area (Å²) in [6.07, 6.45) is -5.82. The van der Waals surface area contributed by atoms with E-state index in [1.165, 1.54) is 6.07 Å². The molecule has 0 amide bonds. The highest BCUT2D eigenvalue weighted by atomic mass is 19.4. The Bertz CT molecular complexity index is 878. The molecule has 164 valence electrons. The third-order valence-electron chi connectivity index (χ3n) is 5.04. The van der Waals surface area contributed by atoms with Crippen LogP contribution in [-0.4, -0.2) is 32.2 Å². The van der Waals surface area contributed by atoms with Crippen molar-refractivity contribution in [2.24, 2.45) is 11.8 Å². The van der Waals surface area contributed by atoms with E-state index in [0.717, 1.165) is 38.3 Å². The molecule has 3 rings (SSSR count). The van der Waals surface area contributed by atoms with Crippen molar-refractivity contribution in [3.8, 4) is 11.5 Å². The van der Waals surface area contributed by atoms with Crippen LogP contribution in [0.3, 0.4) is 0 Å². The highest BCUT2D eigenvalue weighted by molar-refractivity contribution is 5.51. The molecule has 11 heteroatoms. The molecule has 1 aliphatic rings. The molecule has 1 unspecified atom stereocenters. The van der Waals surface area contributed by atoms with E-state index in [2.05, 4.69) is 32.2 Å². The lowest BCUT2D eigenvalue weighted by Gasteiger charge is -2.18. The van der Waals surface area contributed by atoms with Crippen LogP contribution in [0.2, 0.25) is 0 Å². The van der Waals surface area contributed by atoms with Crippen molar-refractivity contribution in [3.63, 3.8) is 0 Å². The number of nitrogens with one attached hydrogen (secondary N) is 1. The number of rotatable bonds is 7. The SMILES string of the molecule is CC(Nc1nc(CC[C@H](C)C2CC2)nc(-c2cccc(C(F)(F)F)n2)n1)C(F)(F)F. The van der Waals surface area contributed by atoms with E-state index < -0.39 is 24.1 Å². The van der Waals surface area contributed by atoms with Crippen molar-refractivity contribution in [1.29, 1.82) is 0 Å². The lowest BCUT2D eigenvalue weighted by atomic mass is 10.0. The summed E-state index contributed by atoms with van der Waals surface area (Å²) >= 11 is 0. The minimum Gasteiger partial charge on any atom is -0.343 e. The number of hydrogen-bond acceptors (Lipinski definition) is 5. The van der Waals surface area contributed by atoms with Crippen LogP contribution in [0.15, 0.2) is 18.2 Å². The lowest BCUT2D eigenvalue weighted by molar-refractivity contribution is -0.141. The predicted molar refractivity (Wildman–Crippen MR) is 97.4 cm³/mol. The summed E-state index contributed by atoms with van der Waals surface area (Å²) in [7, 11) is 0. The first kappa shape index (κ1) is 22.2. The second kappa shape index (κ2) is 8.35. The van der Waals surface area contributed by atoms with E-state index in [4.69, 9.17) is 0 Å². The summed E-state index contributed by atoms with van der Waals surface area (Å²) in [5, 5.41) is 2.16. The normalized spacial score (nSPS) is 16.9. The molecule has 1 N–H and O–H groups in total. The monoisotopic (exact) mass is 433 g/mol. The maximum Gasteiger partial charge on any atom is 0.433 e. The Morgan fingerprint density at radius 3 is 2.30 bits per heavy atom. The summed E-state index contributed by atoms with van der Waals surface area (Å²) < 4.78 is 77.7. The van der Waals surface area contributed by atoms with Crippen molar-refractivity contribution in [2.45, 2.75) is 57.9 Å². The fraction of sp³-hybridized carbons (Fsp3) is 0.579. The van der Waals surface area contributed by atoms with E-state index in [1.807, 2.05) is 0 Å². The van der Waals surface area contributed by atoms with Gasteiger partial charge in [-0.05, 0) is 50.2 Å². The van der Waals surface area contributed by atoms with E-state index >= 15 is 0 Å². The van der Waals surface area contributed by atoms with Gasteiger partial charge in [0, 0.05) is 6.42 Å². The van der Waals surface area contributed by atoms with Gasteiger partial charge in [-0.15, -0.1) is 0 Å². The standard InChI is InChI=1S/C19H21F6N5/c1-10(12-7-8-12)6-9-15-28-16(13-4-3-5-14(27-13)19(23,24)25)30-17(29-15)26-11(2)18(20,21)22/h3-5,10-12H,6-9H2,1-2H3,(H,26,28,29,30)/t10-,11?/m0/s1. The molecule has 0 bridgehead atoms. The van der Waals surface area contributed by atoms with Crippen LogP contribution in [0, 0.1) is 11.8 Å². The van der Waals surface area contributed by atoms with Gasteiger partial charge < -0.3 is 5.32 Å². The zero-order valence-corrected chi connectivity index (χ0v) is 16.3. The zero-order chi connectivity index (χ0) is 22.1. The molecule has 1 fully saturated rings. The van der Waals surface area contributed by atoms with Crippen LogP contribution in [0.4, 0.5) is 32.3 Å². The van der Waals surface area contributed by atoms with Gasteiger partial charge in [-0.3, -0.25) is 0 Å². The van der Waals surface area contributed by atoms with Crippen LogP contribution in [0.5, 0.6) is 0 Å². The molecule has 2 heterocycles. The van der Waals surface area contributed by atoms with Gasteiger partial charge in [0.25, 0.3) is 0 Å². The number of aryl methyl sites for hydroxylation is 1. The molecular formula is C19H21F6N5. The molecule has 30 heavy (non-hydrogen) atoms. The fourth-order valence-electron chi connectivity index (χ4n) is 2.96. The Balaban J connectivity index is 1.92. The van der Waals surface area contributed by atoms with Gasteiger partial charge in [0.05, 0.1) is 0 Å². The van der Waals surface area contributed by atoms with Gasteiger partial charge in [0.15, 0.2) is 5.82 Å². The van der Waals surface area contributed by atoms with Crippen LogP contribution in [-0.2, 0) is 12.6 Å². The molecule has 0 spiro atoms. The zero-order valence-electron chi connectivity index (χ0n) is 16.3. The van der Waals surface area contributed by atoms with Crippen molar-refractivity contribution in [1.82, 2.24) is 19.9 Å². The molecule has 0 aliphatic heterocycles. The van der Waals surface area contributed by atoms with E-state index in [1.54, 1.807) is 0 Å². The van der Waals surface area contributed by atoms with Crippen molar-refractivity contribution in [2.75, 3.05) is 5.32 Å². The van der Waals surface area contributed by atoms with Gasteiger partial charge in [-0.2, -0.15) is 36.3 Å². The third kappa shape index (κ3) is 5.79. The highest BCUT2D eigenvalue weighted by Crippen LogP contribution is 2.38. The number of alkyl halides is 6. The Kier molecular flexibility index (Phi) is 6.19. The molecule has 0 aromatic carbocycles. The topological polar surface area (TPSA) is 63.6 Å². The average Bonchev–Trinajstić information content (AvgIpc) is 3.50. The largest absolute Gasteiger partial charge is 0.433 e. The Hall–Kier alpha value is -2.46. The molecule has 1 aliphatic carbocycles. The second-order valence-electron chi connectivity index (χ2n) is 7.57. The lowest BCUT2D eigenvalue weighted by Crippen LogP contribution is -2.34. The quantitative estimate of drug-likeness (QED) is 0.601. The summed E-state index contributed by atoms with van der Waals surface area (Å²) in [6.45, 7) is 2.99. The summed E-state index contributed by atoms with van der Waals surface area (Å²) in [4.78, 5) is 15.6. The number of hydrogen-bond donors (Lipinski definition) is 1. The predicted octanol–water partition coefficient (Wildman–Crippen LogP) is 5.29. The first-order valence-corrected chi connectivity index (χ1v) is 9.56. The Labute approximate surface area is 169 Å². The van der Waals surface area contributed by atoms with Gasteiger partial charge in [-0.1, -0.05) is 13.0 Å². The molecule has 5 nitrogen and oxygen atoms in total. The van der Waals surface area contributed by atoms with Crippen LogP contribution >= 0.6 is 0 Å². The minimum atomic E-state index is -4.67. The first-order valence-electron chi connectivity index (χ1n) is 9.56. The highest BCUT2D eigenvalue weighted by Gasteiger charge is 2.37. The third-order valence-corrected chi connectivity index (χ3v) is 5.04. The summed E-state index contributed by atoms with van der Waals surface area (Å²) in [5.41, 5.74) is -1.33. The second-order valence-corrected chi connectivity index (χ2v) is 7.57. The number of pyridine rings is 1. The van der Waals surface area contributed by atoms with Crippen LogP contribution < -0.4 is 5.32 Å². The number of aromatic nitrogens is 4. The van der Waals surface area contributed by atoms with Gasteiger partial charge in [0.2, 0.25) is 5.95 Å². The summed E-state index contributed by atoms with van der Waals surface area (Å²) in [6, 6.07) is 1.28. The Morgan fingerprint density at radius 1 is 1.00 bits per heavy atom. The Morgan fingerprint density at radius 2 is 1.70 bits per heavy atom. The number of nitrogens with zero attached hydrogens (tertiary/aromatic N) is 4. The molecular weight excluding hydrogens is 412 g/mol. The first-order chi connectivity index (χ1) is 13.9. The molecule has 2 aromatic heterocycles. The van der Waals surface area contributed by atoms with Gasteiger partial charge >= 0.3 is 12.4 Å². The molecule has 1 saturated carbocycles. The molecule has 0 saturated heterocycles. The smallest absolute Gasteiger partial charge is 0.343 e. The van der Waals surface area contributed by atoms with E-state index in [9.17, 15) is 26.3 Å². The van der Waals surface area contributed by atoms with E-state index in [0.29, 0.717) is 18.3 Å². The van der Waals surface area contributed by atoms with Crippen LogP contribution in [0.25, 0.3) is 11.5 Å². The fourth-order valence-corrected chi connectivity index (χ4v) is 2.96. The van der Waals surface area contributed by atoms with Crippen molar-refractivity contribution in [3.05, 3.63) is 29.7 Å². The van der Waals surface area contributed by atoms with Crippen LogP contribution in [0.1, 0.15) is 44.6 Å². The minimum absolute atomic E-state index is 0.188. The van der Waals surface area contributed by atoms with Gasteiger partial charge in [0.1, 0.15) is 23.3 Å². The molecule has 2 atom stereocenters. The van der Waals surface area contributed by atoms with Gasteiger partial charge in [-0.25, -0.2) is 9.97 Å². The average molecular weight is 433 g/mol. The number of halogens is 6. The van der Waals surface area contributed by atoms with E-state index in [-0.39, 0.29) is 23.3 Å². The maximum atomic E-state index is 13.0. The maximum absolute atomic E-state index is 13.0. The number of anilines is 1. The van der Waals surface area contributed by atoms with Crippen molar-refractivity contribution >= 4 is 5.95 Å². The molecule has 0 radical (unpaired) electrons.